The number of aryl methyl sites for hydroxylation is 2. The minimum Gasteiger partial charge on any atom is -0.268 e. The Labute approximate surface area is 207 Å². The molecule has 34 heavy (non-hydrogen) atoms. The number of nitrogens with zero attached hydrogens (tertiary/aromatic N) is 1. The second kappa shape index (κ2) is 9.82. The molecule has 0 N–H and O–H groups in total. The zero-order valence-electron chi connectivity index (χ0n) is 20.0. The van der Waals surface area contributed by atoms with Crippen molar-refractivity contribution in [2.24, 2.45) is 11.8 Å². The van der Waals surface area contributed by atoms with Gasteiger partial charge in [-0.3, -0.25) is 9.59 Å². The van der Waals surface area contributed by atoms with E-state index in [0.29, 0.717) is 39.4 Å². The van der Waals surface area contributed by atoms with Gasteiger partial charge in [0.05, 0.1) is 27.8 Å². The Morgan fingerprint density at radius 1 is 0.941 bits per heavy atom. The third-order valence-electron chi connectivity index (χ3n) is 7.34. The third kappa shape index (κ3) is 5.08. The van der Waals surface area contributed by atoms with E-state index < -0.39 is 9.84 Å². The smallest absolute Gasteiger partial charge is 0.266 e. The van der Waals surface area contributed by atoms with Gasteiger partial charge in [-0.05, 0) is 93.7 Å². The lowest BCUT2D eigenvalue weighted by molar-refractivity contribution is 0.0926. The number of sulfone groups is 1. The highest BCUT2D eigenvalue weighted by molar-refractivity contribution is 7.91. The maximum atomic E-state index is 12.9. The van der Waals surface area contributed by atoms with Crippen molar-refractivity contribution >= 4 is 38.9 Å². The van der Waals surface area contributed by atoms with Crippen LogP contribution in [0.4, 0.5) is 5.69 Å². The van der Waals surface area contributed by atoms with Crippen LogP contribution in [0.15, 0.2) is 36.4 Å². The van der Waals surface area contributed by atoms with Gasteiger partial charge < -0.3 is 0 Å². The topological polar surface area (TPSA) is 71.5 Å². The van der Waals surface area contributed by atoms with Crippen LogP contribution in [0.2, 0.25) is 5.02 Å². The predicted molar refractivity (Wildman–Crippen MR) is 136 cm³/mol. The molecule has 1 aliphatic heterocycles. The molecular weight excluding hydrogens is 470 g/mol. The number of amides is 2. The highest BCUT2D eigenvalue weighted by Gasteiger charge is 2.37. The molecule has 1 aliphatic carbocycles. The first-order valence-corrected chi connectivity index (χ1v) is 14.2. The summed E-state index contributed by atoms with van der Waals surface area (Å²) in [5.41, 5.74) is 3.41. The number of fused-ring (bicyclic) bond motifs is 1. The quantitative estimate of drug-likeness (QED) is 0.435. The Kier molecular flexibility index (Phi) is 7.20. The van der Waals surface area contributed by atoms with Crippen molar-refractivity contribution < 1.29 is 18.0 Å². The average molecular weight is 502 g/mol. The minimum atomic E-state index is -2.97. The Balaban J connectivity index is 1.35. The summed E-state index contributed by atoms with van der Waals surface area (Å²) in [7, 11) is -2.97. The van der Waals surface area contributed by atoms with Crippen LogP contribution in [-0.2, 0) is 16.3 Å². The second-order valence-corrected chi connectivity index (χ2v) is 13.1. The lowest BCUT2D eigenvalue weighted by Gasteiger charge is -2.29. The molecule has 2 amide bonds. The molecule has 7 heteroatoms. The van der Waals surface area contributed by atoms with Crippen LogP contribution < -0.4 is 4.90 Å². The number of benzene rings is 2. The highest BCUT2D eigenvalue weighted by atomic mass is 35.5. The summed E-state index contributed by atoms with van der Waals surface area (Å²) in [6.07, 6.45) is 6.11. The molecule has 0 saturated heterocycles. The van der Waals surface area contributed by atoms with Crippen molar-refractivity contribution in [2.75, 3.05) is 10.7 Å². The number of anilines is 1. The lowest BCUT2D eigenvalue weighted by Crippen LogP contribution is -2.30. The van der Waals surface area contributed by atoms with E-state index >= 15 is 0 Å². The van der Waals surface area contributed by atoms with E-state index in [9.17, 15) is 18.0 Å². The van der Waals surface area contributed by atoms with Crippen molar-refractivity contribution in [3.63, 3.8) is 0 Å². The van der Waals surface area contributed by atoms with Crippen molar-refractivity contribution in [1.82, 2.24) is 0 Å². The molecule has 0 unspecified atom stereocenters. The summed E-state index contributed by atoms with van der Waals surface area (Å²) < 4.78 is 24.4. The summed E-state index contributed by atoms with van der Waals surface area (Å²) in [6.45, 7) is 5.45. The molecule has 4 rings (SSSR count). The number of carbonyl (C=O) groups excluding carboxylic acids is 2. The maximum Gasteiger partial charge on any atom is 0.266 e. The van der Waals surface area contributed by atoms with Crippen molar-refractivity contribution in [1.29, 1.82) is 0 Å². The predicted octanol–water partition coefficient (Wildman–Crippen LogP) is 6.01. The molecule has 2 aromatic carbocycles. The number of rotatable bonds is 7. The Morgan fingerprint density at radius 3 is 2.24 bits per heavy atom. The van der Waals surface area contributed by atoms with Crippen LogP contribution in [0.5, 0.6) is 0 Å². The Bertz CT molecular complexity index is 1210. The summed E-state index contributed by atoms with van der Waals surface area (Å²) in [4.78, 5) is 27.0. The molecule has 2 aliphatic rings. The number of carbonyl (C=O) groups is 2. The Morgan fingerprint density at radius 2 is 1.59 bits per heavy atom. The molecule has 2 aromatic rings. The van der Waals surface area contributed by atoms with E-state index in [1.165, 1.54) is 10.5 Å². The largest absolute Gasteiger partial charge is 0.268 e. The van der Waals surface area contributed by atoms with E-state index in [-0.39, 0.29) is 17.1 Å². The summed E-state index contributed by atoms with van der Waals surface area (Å²) in [6, 6.07) is 10.7. The van der Waals surface area contributed by atoms with Crippen LogP contribution in [-0.4, -0.2) is 31.2 Å². The first-order chi connectivity index (χ1) is 16.1. The molecule has 0 atom stereocenters. The fourth-order valence-electron chi connectivity index (χ4n) is 5.13. The van der Waals surface area contributed by atoms with Gasteiger partial charge in [-0.1, -0.05) is 36.6 Å². The van der Waals surface area contributed by atoms with Gasteiger partial charge in [-0.25, -0.2) is 13.3 Å². The minimum absolute atomic E-state index is 0.291. The normalized spacial score (nSPS) is 20.8. The molecule has 5 nitrogen and oxygen atoms in total. The standard InChI is InChI=1S/C27H32ClNO4S/c1-17(2)34(32,33)16-21-8-5-19(6-9-21)4-7-20-10-13-25(18(3)14-20)29-26(30)23-12-11-22(28)15-24(23)27(29)31/h10-15,17,19,21H,4-9,16H2,1-3H3. The molecule has 0 spiro atoms. The number of hydrogen-bond acceptors (Lipinski definition) is 4. The fraction of sp³-hybridized carbons (Fsp3) is 0.481. The summed E-state index contributed by atoms with van der Waals surface area (Å²) in [5.74, 6) is 0.569. The van der Waals surface area contributed by atoms with Gasteiger partial charge in [-0.2, -0.15) is 0 Å². The van der Waals surface area contributed by atoms with Crippen LogP contribution in [0, 0.1) is 18.8 Å². The number of halogens is 1. The molecule has 1 heterocycles. The van der Waals surface area contributed by atoms with E-state index in [0.717, 1.165) is 44.1 Å². The maximum absolute atomic E-state index is 12.9. The number of hydrogen-bond donors (Lipinski definition) is 0. The molecule has 1 saturated carbocycles. The van der Waals surface area contributed by atoms with Gasteiger partial charge in [0.1, 0.15) is 0 Å². The van der Waals surface area contributed by atoms with Gasteiger partial charge >= 0.3 is 0 Å². The third-order valence-corrected chi connectivity index (χ3v) is 9.95. The van der Waals surface area contributed by atoms with Crippen molar-refractivity contribution in [2.45, 2.75) is 64.5 Å². The van der Waals surface area contributed by atoms with Gasteiger partial charge in [0, 0.05) is 5.02 Å². The lowest BCUT2D eigenvalue weighted by atomic mass is 9.80. The van der Waals surface area contributed by atoms with Crippen LogP contribution in [0.1, 0.15) is 77.8 Å². The van der Waals surface area contributed by atoms with E-state index in [1.54, 1.807) is 32.0 Å². The summed E-state index contributed by atoms with van der Waals surface area (Å²) in [5, 5.41) is 0.138. The molecule has 0 bridgehead atoms. The van der Waals surface area contributed by atoms with Crippen LogP contribution in [0.25, 0.3) is 0 Å². The molecule has 0 radical (unpaired) electrons. The van der Waals surface area contributed by atoms with Gasteiger partial charge in [0.15, 0.2) is 9.84 Å². The molecule has 182 valence electrons. The fourth-order valence-corrected chi connectivity index (χ4v) is 6.68. The van der Waals surface area contributed by atoms with Gasteiger partial charge in [0.2, 0.25) is 0 Å². The monoisotopic (exact) mass is 501 g/mol. The highest BCUT2D eigenvalue weighted by Crippen LogP contribution is 2.35. The summed E-state index contributed by atoms with van der Waals surface area (Å²) >= 11 is 6.02. The first kappa shape index (κ1) is 24.9. The SMILES string of the molecule is Cc1cc(CCC2CCC(CS(=O)(=O)C(C)C)CC2)ccc1N1C(=O)c2ccc(Cl)cc2C1=O. The average Bonchev–Trinajstić information content (AvgIpc) is 3.02. The Hall–Kier alpha value is -2.18. The van der Waals surface area contributed by atoms with Crippen LogP contribution in [0.3, 0.4) is 0 Å². The van der Waals surface area contributed by atoms with E-state index in [2.05, 4.69) is 6.07 Å². The first-order valence-electron chi connectivity index (χ1n) is 12.1. The van der Waals surface area contributed by atoms with E-state index in [1.807, 2.05) is 19.1 Å². The van der Waals surface area contributed by atoms with Gasteiger partial charge in [0.25, 0.3) is 11.8 Å². The molecule has 1 fully saturated rings. The van der Waals surface area contributed by atoms with Crippen LogP contribution >= 0.6 is 11.6 Å². The van der Waals surface area contributed by atoms with Crippen molar-refractivity contribution in [3.05, 3.63) is 63.7 Å². The second-order valence-electron chi connectivity index (χ2n) is 10.1. The van der Waals surface area contributed by atoms with E-state index in [4.69, 9.17) is 11.6 Å². The van der Waals surface area contributed by atoms with Gasteiger partial charge in [-0.15, -0.1) is 0 Å². The molecule has 0 aromatic heterocycles. The molecular formula is C27H32ClNO4S. The number of imide groups is 1. The zero-order valence-corrected chi connectivity index (χ0v) is 21.6. The zero-order chi connectivity index (χ0) is 24.6. The van der Waals surface area contributed by atoms with Crippen molar-refractivity contribution in [3.8, 4) is 0 Å².